The van der Waals surface area contributed by atoms with Crippen LogP contribution in [0, 0.1) is 13.8 Å². The Bertz CT molecular complexity index is 1420. The quantitative estimate of drug-likeness (QED) is 0.305. The maximum Gasteiger partial charge on any atom is 0.255 e. The van der Waals surface area contributed by atoms with Gasteiger partial charge in [-0.1, -0.05) is 36.4 Å². The minimum atomic E-state index is -0.199. The number of amides is 1. The van der Waals surface area contributed by atoms with Crippen LogP contribution >= 0.6 is 0 Å². The van der Waals surface area contributed by atoms with Gasteiger partial charge in [-0.3, -0.25) is 4.79 Å². The molecule has 5 aromatic rings. The number of benzene rings is 4. The predicted octanol–water partition coefficient (Wildman–Crippen LogP) is 6.94. The van der Waals surface area contributed by atoms with Gasteiger partial charge in [0.25, 0.3) is 5.91 Å². The van der Waals surface area contributed by atoms with E-state index in [1.54, 1.807) is 24.3 Å². The number of aryl methyl sites for hydroxylation is 2. The summed E-state index contributed by atoms with van der Waals surface area (Å²) in [5.74, 6) is 1.04. The topological polar surface area (TPSA) is 64.4 Å². The van der Waals surface area contributed by atoms with E-state index >= 15 is 0 Å². The Balaban J connectivity index is 1.27. The number of rotatable bonds is 6. The summed E-state index contributed by atoms with van der Waals surface area (Å²) in [4.78, 5) is 17.4. The lowest BCUT2D eigenvalue weighted by molar-refractivity contribution is 0.102. The molecule has 0 saturated carbocycles. The molecule has 0 aliphatic carbocycles. The van der Waals surface area contributed by atoms with E-state index in [9.17, 15) is 4.79 Å². The zero-order valence-corrected chi connectivity index (χ0v) is 19.0. The lowest BCUT2D eigenvalue weighted by Crippen LogP contribution is -2.11. The molecule has 4 aromatic carbocycles. The number of anilines is 1. The predicted molar refractivity (Wildman–Crippen MR) is 134 cm³/mol. The van der Waals surface area contributed by atoms with Gasteiger partial charge in [0, 0.05) is 16.8 Å². The van der Waals surface area contributed by atoms with E-state index < -0.39 is 0 Å². The Hall–Kier alpha value is -4.38. The van der Waals surface area contributed by atoms with Crippen LogP contribution in [0.3, 0.4) is 0 Å². The zero-order valence-electron chi connectivity index (χ0n) is 19.0. The van der Waals surface area contributed by atoms with Gasteiger partial charge >= 0.3 is 0 Å². The summed E-state index contributed by atoms with van der Waals surface area (Å²) in [5, 5.41) is 2.95. The average molecular weight is 449 g/mol. The van der Waals surface area contributed by atoms with Crippen molar-refractivity contribution in [1.82, 2.24) is 4.98 Å². The zero-order chi connectivity index (χ0) is 23.5. The van der Waals surface area contributed by atoms with E-state index in [0.29, 0.717) is 29.5 Å². The van der Waals surface area contributed by atoms with E-state index in [-0.39, 0.29) is 5.91 Å². The Morgan fingerprint density at radius 3 is 2.44 bits per heavy atom. The van der Waals surface area contributed by atoms with E-state index in [1.807, 2.05) is 66.7 Å². The third-order valence-electron chi connectivity index (χ3n) is 5.74. The second-order valence-electron chi connectivity index (χ2n) is 8.26. The Morgan fingerprint density at radius 2 is 1.65 bits per heavy atom. The van der Waals surface area contributed by atoms with Crippen molar-refractivity contribution in [2.45, 2.75) is 20.5 Å². The van der Waals surface area contributed by atoms with Gasteiger partial charge < -0.3 is 14.5 Å². The maximum atomic E-state index is 12.8. The van der Waals surface area contributed by atoms with Crippen LogP contribution in [0.15, 0.2) is 95.4 Å². The summed E-state index contributed by atoms with van der Waals surface area (Å²) in [7, 11) is 0. The van der Waals surface area contributed by atoms with Crippen LogP contribution in [0.1, 0.15) is 27.0 Å². The summed E-state index contributed by atoms with van der Waals surface area (Å²) in [6.45, 7) is 4.59. The molecule has 0 bridgehead atoms. The fraction of sp³-hybridized carbons (Fsp3) is 0.103. The van der Waals surface area contributed by atoms with Gasteiger partial charge in [-0.15, -0.1) is 0 Å². The van der Waals surface area contributed by atoms with Crippen molar-refractivity contribution in [1.29, 1.82) is 0 Å². The molecule has 0 spiro atoms. The molecule has 5 rings (SSSR count). The highest BCUT2D eigenvalue weighted by Crippen LogP contribution is 2.28. The monoisotopic (exact) mass is 448 g/mol. The number of nitrogens with one attached hydrogen (secondary N) is 1. The van der Waals surface area contributed by atoms with Crippen LogP contribution in [-0.2, 0) is 6.61 Å². The molecule has 0 unspecified atom stereocenters. The molecule has 1 aromatic heterocycles. The second kappa shape index (κ2) is 9.24. The van der Waals surface area contributed by atoms with Gasteiger partial charge in [0.15, 0.2) is 5.58 Å². The second-order valence-corrected chi connectivity index (χ2v) is 8.26. The van der Waals surface area contributed by atoms with Gasteiger partial charge in [-0.05, 0) is 85.1 Å². The number of nitrogens with zero attached hydrogens (tertiary/aromatic N) is 1. The summed E-state index contributed by atoms with van der Waals surface area (Å²) >= 11 is 0. The largest absolute Gasteiger partial charge is 0.489 e. The van der Waals surface area contributed by atoms with Crippen LogP contribution in [0.5, 0.6) is 5.75 Å². The van der Waals surface area contributed by atoms with Crippen LogP contribution in [-0.4, -0.2) is 10.9 Å². The first kappa shape index (κ1) is 21.5. The minimum absolute atomic E-state index is 0.199. The molecular weight excluding hydrogens is 424 g/mol. The minimum Gasteiger partial charge on any atom is -0.489 e. The third-order valence-corrected chi connectivity index (χ3v) is 5.74. The molecule has 0 radical (unpaired) electrons. The van der Waals surface area contributed by atoms with Crippen molar-refractivity contribution in [3.8, 4) is 17.2 Å². The van der Waals surface area contributed by atoms with Gasteiger partial charge in [0.2, 0.25) is 5.89 Å². The number of carbonyl (C=O) groups is 1. The number of hydrogen-bond donors (Lipinski definition) is 1. The highest BCUT2D eigenvalue weighted by molar-refractivity contribution is 6.04. The molecule has 0 aliphatic rings. The molecule has 0 saturated heterocycles. The summed E-state index contributed by atoms with van der Waals surface area (Å²) in [6, 6.07) is 28.6. The summed E-state index contributed by atoms with van der Waals surface area (Å²) < 4.78 is 11.8. The van der Waals surface area contributed by atoms with E-state index in [0.717, 1.165) is 27.8 Å². The number of aromatic nitrogens is 1. The smallest absolute Gasteiger partial charge is 0.255 e. The Labute approximate surface area is 198 Å². The number of hydrogen-bond acceptors (Lipinski definition) is 4. The normalized spacial score (nSPS) is 10.9. The van der Waals surface area contributed by atoms with Crippen molar-refractivity contribution >= 4 is 22.7 Å². The number of fused-ring (bicyclic) bond motifs is 1. The fourth-order valence-electron chi connectivity index (χ4n) is 3.68. The number of carbonyl (C=O) groups excluding carboxylic acids is 1. The first-order valence-electron chi connectivity index (χ1n) is 11.1. The molecule has 34 heavy (non-hydrogen) atoms. The summed E-state index contributed by atoms with van der Waals surface area (Å²) in [5.41, 5.74) is 7.01. The van der Waals surface area contributed by atoms with Crippen LogP contribution in [0.2, 0.25) is 0 Å². The Morgan fingerprint density at radius 1 is 0.882 bits per heavy atom. The standard InChI is InChI=1S/C29H24N2O3/c1-19-15-26-27(16-20(19)2)34-29(31-26)23-9-6-10-24(17-23)30-28(32)22-11-13-25(14-12-22)33-18-21-7-4-3-5-8-21/h3-17H,18H2,1-2H3,(H,30,32). The lowest BCUT2D eigenvalue weighted by atomic mass is 10.1. The van der Waals surface area contributed by atoms with Crippen LogP contribution in [0.25, 0.3) is 22.6 Å². The van der Waals surface area contributed by atoms with Crippen LogP contribution < -0.4 is 10.1 Å². The van der Waals surface area contributed by atoms with Crippen molar-refractivity contribution in [3.63, 3.8) is 0 Å². The first-order chi connectivity index (χ1) is 16.5. The van der Waals surface area contributed by atoms with Crippen LogP contribution in [0.4, 0.5) is 5.69 Å². The number of ether oxygens (including phenoxy) is 1. The number of oxazole rings is 1. The molecule has 1 heterocycles. The summed E-state index contributed by atoms with van der Waals surface area (Å²) in [6.07, 6.45) is 0. The molecule has 5 nitrogen and oxygen atoms in total. The van der Waals surface area contributed by atoms with Crippen molar-refractivity contribution in [3.05, 3.63) is 113 Å². The van der Waals surface area contributed by atoms with E-state index in [1.165, 1.54) is 5.56 Å². The first-order valence-corrected chi connectivity index (χ1v) is 11.1. The van der Waals surface area contributed by atoms with Crippen molar-refractivity contribution in [2.24, 2.45) is 0 Å². The van der Waals surface area contributed by atoms with Gasteiger partial charge in [0.1, 0.15) is 17.9 Å². The maximum absolute atomic E-state index is 12.8. The van der Waals surface area contributed by atoms with Crippen molar-refractivity contribution in [2.75, 3.05) is 5.32 Å². The highest BCUT2D eigenvalue weighted by atomic mass is 16.5. The fourth-order valence-corrected chi connectivity index (χ4v) is 3.68. The molecule has 0 aliphatic heterocycles. The molecule has 5 heteroatoms. The van der Waals surface area contributed by atoms with Gasteiger partial charge in [-0.2, -0.15) is 0 Å². The molecule has 0 atom stereocenters. The molecule has 168 valence electrons. The highest BCUT2D eigenvalue weighted by Gasteiger charge is 2.12. The van der Waals surface area contributed by atoms with E-state index in [4.69, 9.17) is 9.15 Å². The van der Waals surface area contributed by atoms with Crippen molar-refractivity contribution < 1.29 is 13.9 Å². The lowest BCUT2D eigenvalue weighted by Gasteiger charge is -2.09. The Kier molecular flexibility index (Phi) is 5.83. The van der Waals surface area contributed by atoms with Gasteiger partial charge in [-0.25, -0.2) is 4.98 Å². The van der Waals surface area contributed by atoms with E-state index in [2.05, 4.69) is 24.1 Å². The van der Waals surface area contributed by atoms with Gasteiger partial charge in [0.05, 0.1) is 0 Å². The average Bonchev–Trinajstić information content (AvgIpc) is 3.27. The SMILES string of the molecule is Cc1cc2nc(-c3cccc(NC(=O)c4ccc(OCc5ccccc5)cc4)c3)oc2cc1C. The third kappa shape index (κ3) is 4.69. The molecule has 0 fully saturated rings. The molecule has 1 amide bonds. The molecule has 1 N–H and O–H groups in total. The molecular formula is C29H24N2O3.